The summed E-state index contributed by atoms with van der Waals surface area (Å²) in [4.78, 5) is 38.0. The zero-order valence-electron chi connectivity index (χ0n) is 17.4. The van der Waals surface area contributed by atoms with Crippen LogP contribution in [0.3, 0.4) is 0 Å². The number of amides is 2. The van der Waals surface area contributed by atoms with Crippen LogP contribution in [-0.2, 0) is 16.1 Å². The number of methoxy groups -OCH3 is 1. The molecule has 1 N–H and O–H groups in total. The van der Waals surface area contributed by atoms with Gasteiger partial charge in [-0.05, 0) is 51.9 Å². The molecular weight excluding hydrogens is 510 g/mol. The summed E-state index contributed by atoms with van der Waals surface area (Å²) in [5.74, 6) is -0.944. The van der Waals surface area contributed by atoms with E-state index in [-0.39, 0.29) is 28.3 Å². The van der Waals surface area contributed by atoms with Gasteiger partial charge in [0.2, 0.25) is 0 Å². The van der Waals surface area contributed by atoms with Crippen molar-refractivity contribution in [1.82, 2.24) is 4.90 Å². The number of imide groups is 1. The molecule has 9 heteroatoms. The number of halogens is 1. The first-order valence-electron chi connectivity index (χ1n) is 9.81. The maximum Gasteiger partial charge on any atom is 0.341 e. The Labute approximate surface area is 202 Å². The number of carbonyl (C=O) groups excluding carboxylic acids is 2. The molecule has 2 amide bonds. The smallest absolute Gasteiger partial charge is 0.341 e. The highest BCUT2D eigenvalue weighted by Gasteiger charge is 2.35. The lowest BCUT2D eigenvalue weighted by atomic mass is 10.0. The molecule has 0 saturated carbocycles. The number of fused-ring (bicyclic) bond motifs is 1. The van der Waals surface area contributed by atoms with E-state index in [2.05, 4.69) is 15.9 Å². The number of carboxylic acids is 1. The summed E-state index contributed by atoms with van der Waals surface area (Å²) in [6.07, 6.45) is 1.60. The molecule has 7 nitrogen and oxygen atoms in total. The molecule has 0 bridgehead atoms. The quantitative estimate of drug-likeness (QED) is 0.416. The van der Waals surface area contributed by atoms with Gasteiger partial charge in [0.15, 0.2) is 18.1 Å². The lowest BCUT2D eigenvalue weighted by Crippen LogP contribution is -2.27. The van der Waals surface area contributed by atoms with Crippen molar-refractivity contribution in [3.63, 3.8) is 0 Å². The van der Waals surface area contributed by atoms with Crippen molar-refractivity contribution in [2.45, 2.75) is 6.54 Å². The molecule has 0 atom stereocenters. The number of hydrogen-bond acceptors (Lipinski definition) is 6. The van der Waals surface area contributed by atoms with Crippen LogP contribution in [0, 0.1) is 0 Å². The van der Waals surface area contributed by atoms with E-state index in [1.165, 1.54) is 12.0 Å². The molecule has 3 aromatic carbocycles. The van der Waals surface area contributed by atoms with Gasteiger partial charge in [0.05, 0.1) is 18.6 Å². The van der Waals surface area contributed by atoms with Crippen LogP contribution >= 0.6 is 27.7 Å². The molecule has 3 aromatic rings. The van der Waals surface area contributed by atoms with Crippen molar-refractivity contribution in [3.8, 4) is 11.5 Å². The number of rotatable bonds is 7. The number of hydrogen-bond donors (Lipinski definition) is 1. The van der Waals surface area contributed by atoms with Crippen molar-refractivity contribution in [2.24, 2.45) is 0 Å². The zero-order chi connectivity index (χ0) is 23.5. The van der Waals surface area contributed by atoms with Crippen molar-refractivity contribution < 1.29 is 29.0 Å². The monoisotopic (exact) mass is 527 g/mol. The summed E-state index contributed by atoms with van der Waals surface area (Å²) >= 11 is 4.28. The van der Waals surface area contributed by atoms with Crippen molar-refractivity contribution in [2.75, 3.05) is 13.7 Å². The molecule has 1 heterocycles. The van der Waals surface area contributed by atoms with E-state index in [1.807, 2.05) is 42.5 Å². The molecule has 0 spiro atoms. The summed E-state index contributed by atoms with van der Waals surface area (Å²) in [6.45, 7) is -0.342. The van der Waals surface area contributed by atoms with Crippen molar-refractivity contribution >= 4 is 61.7 Å². The Balaban J connectivity index is 1.60. The fraction of sp³-hybridized carbons (Fsp3) is 0.125. The molecule has 4 rings (SSSR count). The van der Waals surface area contributed by atoms with Crippen LogP contribution in [0.5, 0.6) is 11.5 Å². The van der Waals surface area contributed by atoms with Gasteiger partial charge >= 0.3 is 5.97 Å². The van der Waals surface area contributed by atoms with Crippen LogP contribution in [0.2, 0.25) is 0 Å². The molecular formula is C24H18BrNO6S. The molecule has 168 valence electrons. The van der Waals surface area contributed by atoms with Gasteiger partial charge in [-0.15, -0.1) is 0 Å². The lowest BCUT2D eigenvalue weighted by Gasteiger charge is -2.14. The van der Waals surface area contributed by atoms with Gasteiger partial charge in [-0.1, -0.05) is 58.4 Å². The van der Waals surface area contributed by atoms with E-state index >= 15 is 0 Å². The van der Waals surface area contributed by atoms with Crippen molar-refractivity contribution in [1.29, 1.82) is 0 Å². The van der Waals surface area contributed by atoms with Gasteiger partial charge < -0.3 is 14.6 Å². The first kappa shape index (κ1) is 22.9. The number of carboxylic acid groups (broad SMARTS) is 1. The first-order valence-corrected chi connectivity index (χ1v) is 11.4. The van der Waals surface area contributed by atoms with Crippen LogP contribution in [0.25, 0.3) is 16.8 Å². The van der Waals surface area contributed by atoms with Gasteiger partial charge in [-0.3, -0.25) is 14.5 Å². The Morgan fingerprint density at radius 2 is 1.88 bits per heavy atom. The number of ether oxygens (including phenoxy) is 2. The van der Waals surface area contributed by atoms with Crippen LogP contribution in [0.1, 0.15) is 11.1 Å². The Hall–Kier alpha value is -3.30. The Kier molecular flexibility index (Phi) is 6.71. The highest BCUT2D eigenvalue weighted by Crippen LogP contribution is 2.38. The number of nitrogens with zero attached hydrogens (tertiary/aromatic N) is 1. The third kappa shape index (κ3) is 4.89. The minimum atomic E-state index is -1.11. The van der Waals surface area contributed by atoms with Crippen LogP contribution in [-0.4, -0.2) is 40.8 Å². The van der Waals surface area contributed by atoms with E-state index in [4.69, 9.17) is 14.6 Å². The largest absolute Gasteiger partial charge is 0.493 e. The minimum absolute atomic E-state index is 0.176. The highest BCUT2D eigenvalue weighted by molar-refractivity contribution is 9.10. The SMILES string of the molecule is COc1cc(/C=C2/SC(=O)N(Cc3cccc4ccccc34)C2=O)c(Br)cc1OCC(=O)O. The average molecular weight is 528 g/mol. The summed E-state index contributed by atoms with van der Waals surface area (Å²) in [5, 5.41) is 10.5. The normalized spacial score (nSPS) is 14.8. The molecule has 1 aliphatic heterocycles. The van der Waals surface area contributed by atoms with Gasteiger partial charge in [-0.25, -0.2) is 4.79 Å². The maximum atomic E-state index is 13.1. The van der Waals surface area contributed by atoms with E-state index in [0.29, 0.717) is 15.8 Å². The van der Waals surface area contributed by atoms with Gasteiger partial charge in [0.1, 0.15) is 0 Å². The summed E-state index contributed by atoms with van der Waals surface area (Å²) in [7, 11) is 1.43. The minimum Gasteiger partial charge on any atom is -0.493 e. The Morgan fingerprint density at radius 3 is 2.64 bits per heavy atom. The molecule has 0 aromatic heterocycles. The predicted octanol–water partition coefficient (Wildman–Crippen LogP) is 5.31. The van der Waals surface area contributed by atoms with Gasteiger partial charge in [0.25, 0.3) is 11.1 Å². The van der Waals surface area contributed by atoms with E-state index in [0.717, 1.165) is 28.1 Å². The highest BCUT2D eigenvalue weighted by atomic mass is 79.9. The standard InChI is InChI=1S/C24H18BrNO6S/c1-31-19-9-16(18(25)11-20(19)32-13-22(27)28)10-21-23(29)26(24(30)33-21)12-15-7-4-6-14-5-2-3-8-17(14)15/h2-11H,12-13H2,1H3,(H,27,28)/b21-10+. The Morgan fingerprint density at radius 1 is 1.12 bits per heavy atom. The second kappa shape index (κ2) is 9.68. The molecule has 33 heavy (non-hydrogen) atoms. The van der Waals surface area contributed by atoms with Crippen molar-refractivity contribution in [3.05, 3.63) is 75.1 Å². The van der Waals surface area contributed by atoms with E-state index < -0.39 is 12.6 Å². The number of benzene rings is 3. The van der Waals surface area contributed by atoms with Gasteiger partial charge in [0, 0.05) is 4.47 Å². The van der Waals surface area contributed by atoms with Crippen LogP contribution in [0.4, 0.5) is 4.79 Å². The second-order valence-corrected chi connectivity index (χ2v) is 8.96. The third-order valence-corrected chi connectivity index (χ3v) is 6.60. The summed E-state index contributed by atoms with van der Waals surface area (Å²) in [6, 6.07) is 16.8. The fourth-order valence-corrected chi connectivity index (χ4v) is 4.72. The predicted molar refractivity (Wildman–Crippen MR) is 129 cm³/mol. The molecule has 0 radical (unpaired) electrons. The number of thioether (sulfide) groups is 1. The molecule has 1 saturated heterocycles. The molecule has 0 unspecified atom stereocenters. The van der Waals surface area contributed by atoms with Gasteiger partial charge in [-0.2, -0.15) is 0 Å². The molecule has 1 fully saturated rings. The zero-order valence-corrected chi connectivity index (χ0v) is 19.8. The number of aliphatic carboxylic acids is 1. The lowest BCUT2D eigenvalue weighted by molar-refractivity contribution is -0.139. The summed E-state index contributed by atoms with van der Waals surface area (Å²) < 4.78 is 11.1. The maximum absolute atomic E-state index is 13.1. The first-order chi connectivity index (χ1) is 15.9. The van der Waals surface area contributed by atoms with E-state index in [9.17, 15) is 14.4 Å². The topological polar surface area (TPSA) is 93.1 Å². The van der Waals surface area contributed by atoms with E-state index in [1.54, 1.807) is 18.2 Å². The molecule has 1 aliphatic rings. The van der Waals surface area contributed by atoms with Crippen LogP contribution < -0.4 is 9.47 Å². The second-order valence-electron chi connectivity index (χ2n) is 7.11. The van der Waals surface area contributed by atoms with Crippen LogP contribution in [0.15, 0.2) is 64.0 Å². The third-order valence-electron chi connectivity index (χ3n) is 5.00. The molecule has 0 aliphatic carbocycles. The Bertz CT molecular complexity index is 1300. The number of carbonyl (C=O) groups is 3. The fourth-order valence-electron chi connectivity index (χ4n) is 3.45. The summed E-state index contributed by atoms with van der Waals surface area (Å²) in [5.41, 5.74) is 1.48. The average Bonchev–Trinajstić information content (AvgIpc) is 3.06.